The molecule has 0 spiro atoms. The lowest BCUT2D eigenvalue weighted by atomic mass is 9.81. The molecule has 2 amide bonds. The van der Waals surface area contributed by atoms with Gasteiger partial charge in [0, 0.05) is 31.6 Å². The van der Waals surface area contributed by atoms with Gasteiger partial charge in [0.25, 0.3) is 5.91 Å². The molecule has 2 aromatic carbocycles. The topological polar surface area (TPSA) is 86.7 Å². The molecule has 6 heteroatoms. The van der Waals surface area contributed by atoms with E-state index in [1.54, 1.807) is 11.0 Å². The smallest absolute Gasteiger partial charge is 0.311 e. The standard InChI is InChI=1S/C22H24N2O4/c25-19(24-13-18-6-3-10-22(18,14-24)21(27)28)9-11-23-20(26)17-8-7-15-4-1-2-5-16(15)12-17/h1-2,4-5,7-8,12,18H,3,6,9-11,13-14H2,(H,23,26)(H,27,28)/t18-,22+/m0/s1. The molecule has 2 aromatic rings. The molecule has 1 saturated carbocycles. The number of carbonyl (C=O) groups is 3. The highest BCUT2D eigenvalue weighted by Gasteiger charge is 2.55. The summed E-state index contributed by atoms with van der Waals surface area (Å²) in [6.07, 6.45) is 2.62. The summed E-state index contributed by atoms with van der Waals surface area (Å²) in [5, 5.41) is 14.5. The SMILES string of the molecule is O=C(NCCC(=O)N1C[C@@H]2CCC[C@@]2(C(=O)O)C1)c1ccc2ccccc2c1. The van der Waals surface area contributed by atoms with Crippen molar-refractivity contribution in [1.82, 2.24) is 10.2 Å². The first-order valence-corrected chi connectivity index (χ1v) is 9.78. The molecule has 2 fully saturated rings. The first-order valence-electron chi connectivity index (χ1n) is 9.78. The number of benzene rings is 2. The minimum absolute atomic E-state index is 0.0566. The van der Waals surface area contributed by atoms with Gasteiger partial charge in [-0.3, -0.25) is 14.4 Å². The molecule has 0 unspecified atom stereocenters. The lowest BCUT2D eigenvalue weighted by molar-refractivity contribution is -0.149. The van der Waals surface area contributed by atoms with Gasteiger partial charge in [0.2, 0.25) is 5.91 Å². The van der Waals surface area contributed by atoms with E-state index in [0.717, 1.165) is 23.6 Å². The molecule has 6 nitrogen and oxygen atoms in total. The van der Waals surface area contributed by atoms with Crippen LogP contribution in [0.5, 0.6) is 0 Å². The molecule has 1 heterocycles. The lowest BCUT2D eigenvalue weighted by Gasteiger charge is -2.23. The van der Waals surface area contributed by atoms with E-state index in [-0.39, 0.29) is 30.7 Å². The number of hydrogen-bond acceptors (Lipinski definition) is 3. The molecule has 0 bridgehead atoms. The van der Waals surface area contributed by atoms with E-state index in [0.29, 0.717) is 25.1 Å². The second kappa shape index (κ2) is 7.26. The van der Waals surface area contributed by atoms with Crippen LogP contribution < -0.4 is 5.32 Å². The number of nitrogens with zero attached hydrogens (tertiary/aromatic N) is 1. The highest BCUT2D eigenvalue weighted by atomic mass is 16.4. The Hall–Kier alpha value is -2.89. The van der Waals surface area contributed by atoms with E-state index >= 15 is 0 Å². The number of carboxylic acids is 1. The van der Waals surface area contributed by atoms with Crippen LogP contribution in [0.3, 0.4) is 0 Å². The number of fused-ring (bicyclic) bond motifs is 2. The maximum absolute atomic E-state index is 12.5. The first-order chi connectivity index (χ1) is 13.5. The summed E-state index contributed by atoms with van der Waals surface area (Å²) in [7, 11) is 0. The molecule has 2 aliphatic rings. The van der Waals surface area contributed by atoms with Gasteiger partial charge in [0.15, 0.2) is 0 Å². The number of carbonyl (C=O) groups excluding carboxylic acids is 2. The van der Waals surface area contributed by atoms with E-state index in [1.807, 2.05) is 36.4 Å². The number of amides is 2. The molecule has 1 aliphatic heterocycles. The molecule has 2 N–H and O–H groups in total. The van der Waals surface area contributed by atoms with Crippen molar-refractivity contribution < 1.29 is 19.5 Å². The second-order valence-electron chi connectivity index (χ2n) is 7.89. The van der Waals surface area contributed by atoms with Crippen molar-refractivity contribution in [1.29, 1.82) is 0 Å². The molecule has 0 radical (unpaired) electrons. The Morgan fingerprint density at radius 1 is 1.14 bits per heavy atom. The Morgan fingerprint density at radius 3 is 2.68 bits per heavy atom. The largest absolute Gasteiger partial charge is 0.481 e. The van der Waals surface area contributed by atoms with Crippen LogP contribution in [-0.4, -0.2) is 47.4 Å². The van der Waals surface area contributed by atoms with Gasteiger partial charge in [-0.15, -0.1) is 0 Å². The predicted octanol–water partition coefficient (Wildman–Crippen LogP) is 2.67. The summed E-state index contributed by atoms with van der Waals surface area (Å²) in [6.45, 7) is 1.06. The van der Waals surface area contributed by atoms with E-state index in [9.17, 15) is 19.5 Å². The number of likely N-dealkylation sites (tertiary alicyclic amines) is 1. The third-order valence-electron chi connectivity index (χ3n) is 6.29. The summed E-state index contributed by atoms with van der Waals surface area (Å²) in [5.41, 5.74) is -0.198. The van der Waals surface area contributed by atoms with Crippen molar-refractivity contribution in [2.45, 2.75) is 25.7 Å². The molecule has 146 valence electrons. The fourth-order valence-electron chi connectivity index (χ4n) is 4.70. The van der Waals surface area contributed by atoms with Gasteiger partial charge in [-0.1, -0.05) is 36.8 Å². The summed E-state index contributed by atoms with van der Waals surface area (Å²) < 4.78 is 0. The van der Waals surface area contributed by atoms with Gasteiger partial charge in [0.05, 0.1) is 5.41 Å². The number of aliphatic carboxylic acids is 1. The number of carboxylic acid groups (broad SMARTS) is 1. The zero-order valence-corrected chi connectivity index (χ0v) is 15.7. The molecule has 4 rings (SSSR count). The Kier molecular flexibility index (Phi) is 4.79. The van der Waals surface area contributed by atoms with Crippen molar-refractivity contribution in [2.24, 2.45) is 11.3 Å². The zero-order valence-electron chi connectivity index (χ0n) is 15.7. The van der Waals surface area contributed by atoms with Gasteiger partial charge in [-0.05, 0) is 41.7 Å². The summed E-state index contributed by atoms with van der Waals surface area (Å²) in [6, 6.07) is 13.3. The van der Waals surface area contributed by atoms with Crippen LogP contribution >= 0.6 is 0 Å². The summed E-state index contributed by atoms with van der Waals surface area (Å²) in [5.74, 6) is -1.02. The monoisotopic (exact) mass is 380 g/mol. The van der Waals surface area contributed by atoms with Crippen LogP contribution in [0.1, 0.15) is 36.0 Å². The Morgan fingerprint density at radius 2 is 1.93 bits per heavy atom. The van der Waals surface area contributed by atoms with Crippen LogP contribution in [-0.2, 0) is 9.59 Å². The second-order valence-corrected chi connectivity index (χ2v) is 7.89. The molecule has 28 heavy (non-hydrogen) atoms. The van der Waals surface area contributed by atoms with Crippen molar-refractivity contribution in [3.8, 4) is 0 Å². The normalized spacial score (nSPS) is 23.6. The average molecular weight is 380 g/mol. The Balaban J connectivity index is 1.32. The third kappa shape index (κ3) is 3.23. The zero-order chi connectivity index (χ0) is 19.7. The molecule has 1 aliphatic carbocycles. The van der Waals surface area contributed by atoms with Gasteiger partial charge in [0.1, 0.15) is 0 Å². The highest BCUT2D eigenvalue weighted by Crippen LogP contribution is 2.48. The summed E-state index contributed by atoms with van der Waals surface area (Å²) in [4.78, 5) is 38.3. The van der Waals surface area contributed by atoms with Crippen LogP contribution in [0.15, 0.2) is 42.5 Å². The number of hydrogen-bond donors (Lipinski definition) is 2. The van der Waals surface area contributed by atoms with Gasteiger partial charge >= 0.3 is 5.97 Å². The molecule has 0 aromatic heterocycles. The van der Waals surface area contributed by atoms with Crippen molar-refractivity contribution in [3.05, 3.63) is 48.0 Å². The van der Waals surface area contributed by atoms with Gasteiger partial charge < -0.3 is 15.3 Å². The van der Waals surface area contributed by atoms with Crippen molar-refractivity contribution in [2.75, 3.05) is 19.6 Å². The lowest BCUT2D eigenvalue weighted by Crippen LogP contribution is -2.38. The first kappa shape index (κ1) is 18.5. The third-order valence-corrected chi connectivity index (χ3v) is 6.29. The number of nitrogens with one attached hydrogen (secondary N) is 1. The van der Waals surface area contributed by atoms with Crippen LogP contribution in [0.2, 0.25) is 0 Å². The maximum atomic E-state index is 12.5. The minimum atomic E-state index is -0.782. The minimum Gasteiger partial charge on any atom is -0.481 e. The highest BCUT2D eigenvalue weighted by molar-refractivity contribution is 5.98. The molecular weight excluding hydrogens is 356 g/mol. The van der Waals surface area contributed by atoms with E-state index in [1.165, 1.54) is 0 Å². The van der Waals surface area contributed by atoms with Crippen LogP contribution in [0.4, 0.5) is 0 Å². The molecule has 2 atom stereocenters. The Bertz CT molecular complexity index is 941. The maximum Gasteiger partial charge on any atom is 0.311 e. The molecule has 1 saturated heterocycles. The fraction of sp³-hybridized carbons (Fsp3) is 0.409. The van der Waals surface area contributed by atoms with Gasteiger partial charge in [-0.25, -0.2) is 0 Å². The van der Waals surface area contributed by atoms with Crippen LogP contribution in [0, 0.1) is 11.3 Å². The van der Waals surface area contributed by atoms with Crippen molar-refractivity contribution in [3.63, 3.8) is 0 Å². The predicted molar refractivity (Wildman–Crippen MR) is 105 cm³/mol. The molecular formula is C22H24N2O4. The average Bonchev–Trinajstić information content (AvgIpc) is 3.26. The van der Waals surface area contributed by atoms with E-state index in [2.05, 4.69) is 5.32 Å². The van der Waals surface area contributed by atoms with Crippen molar-refractivity contribution >= 4 is 28.6 Å². The fourth-order valence-corrected chi connectivity index (χ4v) is 4.70. The quantitative estimate of drug-likeness (QED) is 0.835. The van der Waals surface area contributed by atoms with E-state index < -0.39 is 11.4 Å². The Labute approximate surface area is 163 Å². The summed E-state index contributed by atoms with van der Waals surface area (Å²) >= 11 is 0. The van der Waals surface area contributed by atoms with Crippen LogP contribution in [0.25, 0.3) is 10.8 Å². The van der Waals surface area contributed by atoms with E-state index in [4.69, 9.17) is 0 Å². The van der Waals surface area contributed by atoms with Gasteiger partial charge in [-0.2, -0.15) is 0 Å². The number of rotatable bonds is 5.